The summed E-state index contributed by atoms with van der Waals surface area (Å²) in [6.07, 6.45) is 0.696. The fourth-order valence-electron chi connectivity index (χ4n) is 1.90. The molecule has 13 nitrogen and oxygen atoms in total. The number of hydrogen-bond acceptors (Lipinski definition) is 7. The second-order valence-electron chi connectivity index (χ2n) is 5.88. The van der Waals surface area contributed by atoms with Crippen LogP contribution in [0.1, 0.15) is 26.2 Å². The number of nitrogens with one attached hydrogen (secondary N) is 6. The summed E-state index contributed by atoms with van der Waals surface area (Å²) in [4.78, 5) is 78.7. The van der Waals surface area contributed by atoms with E-state index in [-0.39, 0.29) is 57.9 Å². The summed E-state index contributed by atoms with van der Waals surface area (Å²) in [6.45, 7) is 0.917. The van der Waals surface area contributed by atoms with E-state index in [1.165, 1.54) is 0 Å². The summed E-state index contributed by atoms with van der Waals surface area (Å²) in [6, 6.07) is 0. The lowest BCUT2D eigenvalue weighted by Gasteiger charge is -2.08. The van der Waals surface area contributed by atoms with Gasteiger partial charge in [-0.15, -0.1) is 0 Å². The van der Waals surface area contributed by atoms with Crippen molar-refractivity contribution in [2.24, 2.45) is 0 Å². The maximum absolute atomic E-state index is 11.6. The lowest BCUT2D eigenvalue weighted by atomic mass is 10.2. The van der Waals surface area contributed by atoms with E-state index in [4.69, 9.17) is 0 Å². The van der Waals surface area contributed by atoms with Crippen LogP contribution in [0, 0.1) is 0 Å². The minimum absolute atomic E-state index is 0.000120. The van der Waals surface area contributed by atoms with Crippen LogP contribution >= 0.6 is 0 Å². The highest BCUT2D eigenvalue weighted by Crippen LogP contribution is 1.95. The average molecular weight is 428 g/mol. The van der Waals surface area contributed by atoms with Crippen molar-refractivity contribution >= 4 is 41.7 Å². The first-order valence-electron chi connectivity index (χ1n) is 9.32. The molecule has 6 amide bonds. The first kappa shape index (κ1) is 26.5. The topological polar surface area (TPSA) is 192 Å². The van der Waals surface area contributed by atoms with Gasteiger partial charge in [-0.1, -0.05) is 0 Å². The number of amides is 6. The van der Waals surface area contributed by atoms with Gasteiger partial charge in [0.2, 0.25) is 35.4 Å². The number of likely N-dealkylation sites (N-methyl/N-ethyl adjacent to an activating group) is 1. The molecule has 0 aliphatic carbocycles. The molecule has 0 heterocycles. The molecule has 0 rings (SSSR count). The van der Waals surface area contributed by atoms with Crippen LogP contribution in [0.4, 0.5) is 0 Å². The predicted molar refractivity (Wildman–Crippen MR) is 104 cm³/mol. The number of aldehydes is 1. The second-order valence-corrected chi connectivity index (χ2v) is 5.88. The average Bonchev–Trinajstić information content (AvgIpc) is 2.71. The monoisotopic (exact) mass is 428 g/mol. The van der Waals surface area contributed by atoms with Gasteiger partial charge in [0.05, 0.1) is 32.7 Å². The van der Waals surface area contributed by atoms with Crippen molar-refractivity contribution in [3.63, 3.8) is 0 Å². The molecule has 0 aromatic heterocycles. The molecule has 0 saturated heterocycles. The van der Waals surface area contributed by atoms with Crippen molar-refractivity contribution < 1.29 is 33.6 Å². The molecule has 30 heavy (non-hydrogen) atoms. The second kappa shape index (κ2) is 16.4. The van der Waals surface area contributed by atoms with Gasteiger partial charge in [-0.25, -0.2) is 0 Å². The number of hydrogen-bond donors (Lipinski definition) is 6. The van der Waals surface area contributed by atoms with E-state index in [2.05, 4.69) is 31.9 Å². The fraction of sp³-hybridized carbons (Fsp3) is 0.588. The van der Waals surface area contributed by atoms with Crippen molar-refractivity contribution in [1.82, 2.24) is 31.9 Å². The highest BCUT2D eigenvalue weighted by Gasteiger charge is 2.10. The van der Waals surface area contributed by atoms with Crippen LogP contribution in [-0.4, -0.2) is 81.0 Å². The minimum atomic E-state index is -0.582. The van der Waals surface area contributed by atoms with Crippen LogP contribution in [0.5, 0.6) is 0 Å². The molecule has 0 spiro atoms. The third kappa shape index (κ3) is 15.5. The normalized spacial score (nSPS) is 9.63. The zero-order valence-corrected chi connectivity index (χ0v) is 16.8. The molecule has 0 fully saturated rings. The van der Waals surface area contributed by atoms with E-state index in [1.807, 2.05) is 0 Å². The van der Waals surface area contributed by atoms with Crippen LogP contribution in [-0.2, 0) is 33.6 Å². The summed E-state index contributed by atoms with van der Waals surface area (Å²) < 4.78 is 0. The quantitative estimate of drug-likeness (QED) is 0.143. The molecule has 0 aliphatic rings. The largest absolute Gasteiger partial charge is 0.355 e. The van der Waals surface area contributed by atoms with Crippen LogP contribution in [0.15, 0.2) is 0 Å². The summed E-state index contributed by atoms with van der Waals surface area (Å²) in [7, 11) is 0. The Kier molecular flexibility index (Phi) is 14.5. The molecule has 6 N–H and O–H groups in total. The van der Waals surface area contributed by atoms with Crippen LogP contribution in [0.2, 0.25) is 0 Å². The highest BCUT2D eigenvalue weighted by atomic mass is 16.2. The number of carbonyl (C=O) groups excluding carboxylic acids is 7. The van der Waals surface area contributed by atoms with Gasteiger partial charge < -0.3 is 36.7 Å². The Morgan fingerprint density at radius 3 is 1.33 bits per heavy atom. The van der Waals surface area contributed by atoms with E-state index < -0.39 is 29.5 Å². The Bertz CT molecular complexity index is 638. The molecule has 0 unspecified atom stereocenters. The first-order chi connectivity index (χ1) is 14.3. The van der Waals surface area contributed by atoms with E-state index in [1.54, 1.807) is 6.92 Å². The van der Waals surface area contributed by atoms with Crippen molar-refractivity contribution in [3.8, 4) is 0 Å². The van der Waals surface area contributed by atoms with E-state index in [9.17, 15) is 33.6 Å². The van der Waals surface area contributed by atoms with Gasteiger partial charge in [0.15, 0.2) is 0 Å². The number of carbonyl (C=O) groups is 7. The Labute approximate surface area is 173 Å². The SMILES string of the molecule is CCNC(=O)CNC(=O)CNC(=O)CCCC(=O)NCC(=O)NCC(=O)NCC=O. The van der Waals surface area contributed by atoms with Gasteiger partial charge >= 0.3 is 0 Å². The Balaban J connectivity index is 3.79. The predicted octanol–water partition coefficient (Wildman–Crippen LogP) is -3.93. The van der Waals surface area contributed by atoms with Gasteiger partial charge in [0, 0.05) is 19.4 Å². The van der Waals surface area contributed by atoms with Gasteiger partial charge in [0.1, 0.15) is 6.29 Å². The molecule has 0 aromatic carbocycles. The molecule has 0 radical (unpaired) electrons. The van der Waals surface area contributed by atoms with Crippen molar-refractivity contribution in [1.29, 1.82) is 0 Å². The molecule has 0 saturated carbocycles. The van der Waals surface area contributed by atoms with E-state index in [0.29, 0.717) is 12.8 Å². The molecule has 0 aliphatic heterocycles. The molecule has 0 atom stereocenters. The maximum atomic E-state index is 11.6. The Morgan fingerprint density at radius 1 is 0.567 bits per heavy atom. The first-order valence-corrected chi connectivity index (χ1v) is 9.32. The lowest BCUT2D eigenvalue weighted by molar-refractivity contribution is -0.128. The molecular formula is C17H28N6O7. The van der Waals surface area contributed by atoms with Crippen molar-refractivity contribution in [3.05, 3.63) is 0 Å². The van der Waals surface area contributed by atoms with Crippen LogP contribution in [0.3, 0.4) is 0 Å². The summed E-state index contributed by atoms with van der Waals surface area (Å²) in [5, 5.41) is 14.1. The molecule has 0 bridgehead atoms. The van der Waals surface area contributed by atoms with Crippen LogP contribution < -0.4 is 31.9 Å². The van der Waals surface area contributed by atoms with Gasteiger partial charge in [-0.3, -0.25) is 28.8 Å². The van der Waals surface area contributed by atoms with E-state index in [0.717, 1.165) is 0 Å². The standard InChI is InChI=1S/C17H28N6O7/c1-2-18-14(27)8-22-16(29)10-20-12(25)4-3-5-13(26)21-11-17(30)23-9-15(28)19-6-7-24/h7H,2-6,8-11H2,1H3,(H,18,27)(H,19,28)(H,20,25)(H,21,26)(H,22,29)(H,23,30). The van der Waals surface area contributed by atoms with Crippen molar-refractivity contribution in [2.75, 3.05) is 39.3 Å². The lowest BCUT2D eigenvalue weighted by Crippen LogP contribution is -2.42. The maximum Gasteiger partial charge on any atom is 0.239 e. The summed E-state index contributed by atoms with van der Waals surface area (Å²) in [5.74, 6) is -2.86. The van der Waals surface area contributed by atoms with Gasteiger partial charge in [-0.05, 0) is 13.3 Å². The third-order valence-electron chi connectivity index (χ3n) is 3.35. The molecule has 0 aromatic rings. The fourth-order valence-corrected chi connectivity index (χ4v) is 1.90. The summed E-state index contributed by atoms with van der Waals surface area (Å²) >= 11 is 0. The minimum Gasteiger partial charge on any atom is -0.355 e. The Hall–Kier alpha value is -3.51. The van der Waals surface area contributed by atoms with E-state index >= 15 is 0 Å². The molecule has 168 valence electrons. The van der Waals surface area contributed by atoms with Crippen molar-refractivity contribution in [2.45, 2.75) is 26.2 Å². The Morgan fingerprint density at radius 2 is 0.933 bits per heavy atom. The molecule has 13 heteroatoms. The van der Waals surface area contributed by atoms with Gasteiger partial charge in [-0.2, -0.15) is 0 Å². The summed E-state index contributed by atoms with van der Waals surface area (Å²) in [5.41, 5.74) is 0. The highest BCUT2D eigenvalue weighted by molar-refractivity contribution is 5.89. The molecular weight excluding hydrogens is 400 g/mol. The zero-order valence-electron chi connectivity index (χ0n) is 16.8. The third-order valence-corrected chi connectivity index (χ3v) is 3.35. The van der Waals surface area contributed by atoms with Crippen LogP contribution in [0.25, 0.3) is 0 Å². The smallest absolute Gasteiger partial charge is 0.239 e. The van der Waals surface area contributed by atoms with Gasteiger partial charge in [0.25, 0.3) is 0 Å². The zero-order chi connectivity index (χ0) is 22.8. The number of rotatable bonds is 15.